The Morgan fingerprint density at radius 3 is 2.20 bits per heavy atom. The summed E-state index contributed by atoms with van der Waals surface area (Å²) < 4.78 is 50.8. The van der Waals surface area contributed by atoms with E-state index in [9.17, 15) is 34.6 Å². The molecule has 14 nitrogen and oxygen atoms in total. The predicted octanol–water partition coefficient (Wildman–Crippen LogP) is 7.75. The van der Waals surface area contributed by atoms with Crippen LogP contribution in [0, 0.1) is 28.5 Å². The molecule has 3 heterocycles. The lowest BCUT2D eigenvalue weighted by Crippen LogP contribution is -2.45. The summed E-state index contributed by atoms with van der Waals surface area (Å²) >= 11 is 0. The number of aliphatic hydroxyl groups excluding tert-OH is 2. The fraction of sp³-hybridized carbons (Fsp3) is 0.650. The molecule has 3 aromatic rings. The molecule has 4 rings (SSSR count). The van der Waals surface area contributed by atoms with E-state index in [2.05, 4.69) is 17.0 Å². The first-order valence-corrected chi connectivity index (χ1v) is 21.5. The van der Waals surface area contributed by atoms with E-state index in [1.807, 2.05) is 6.07 Å². The van der Waals surface area contributed by atoms with Crippen LogP contribution in [-0.4, -0.2) is 66.8 Å². The number of hydrogen-bond donors (Lipinski definition) is 4. The van der Waals surface area contributed by atoms with Gasteiger partial charge in [0.2, 0.25) is 5.60 Å². The number of hydrogen-bond acceptors (Lipinski definition) is 12. The second-order valence-corrected chi connectivity index (χ2v) is 16.2. The highest BCUT2D eigenvalue weighted by Gasteiger charge is 2.57. The minimum atomic E-state index is -4.87. The van der Waals surface area contributed by atoms with Crippen molar-refractivity contribution in [3.63, 3.8) is 0 Å². The molecular formula is C40H58FN6O8P. The van der Waals surface area contributed by atoms with Crippen LogP contribution in [0.1, 0.15) is 139 Å². The topological polar surface area (TPSA) is 218 Å². The maximum atomic E-state index is 14.1. The summed E-state index contributed by atoms with van der Waals surface area (Å²) in [6, 6.07) is 10.7. The van der Waals surface area contributed by atoms with Crippen molar-refractivity contribution in [2.45, 2.75) is 153 Å². The summed E-state index contributed by atoms with van der Waals surface area (Å²) in [5.74, 6) is -0.424. The Kier molecular flexibility index (Phi) is 18.6. The molecule has 2 aromatic heterocycles. The van der Waals surface area contributed by atoms with Crippen molar-refractivity contribution in [3.8, 4) is 12.1 Å². The Labute approximate surface area is 329 Å². The molecule has 0 bridgehead atoms. The van der Waals surface area contributed by atoms with Crippen LogP contribution in [0.5, 0.6) is 0 Å². The number of aromatic nitrogens is 3. The lowest BCUT2D eigenvalue weighted by Gasteiger charge is -2.26. The van der Waals surface area contributed by atoms with Crippen molar-refractivity contribution in [2.75, 3.05) is 18.9 Å². The monoisotopic (exact) mass is 800 g/mol. The smallest absolute Gasteiger partial charge is 0.387 e. The number of benzene rings is 1. The maximum absolute atomic E-state index is 14.1. The van der Waals surface area contributed by atoms with Crippen LogP contribution in [0.25, 0.3) is 5.52 Å². The highest BCUT2D eigenvalue weighted by atomic mass is 31.2. The lowest BCUT2D eigenvalue weighted by atomic mass is 9.96. The number of nitriles is 2. The van der Waals surface area contributed by atoms with Gasteiger partial charge in [0.05, 0.1) is 36.6 Å². The average Bonchev–Trinajstić information content (AvgIpc) is 3.73. The molecule has 0 radical (unpaired) electrons. The summed E-state index contributed by atoms with van der Waals surface area (Å²) in [6.07, 6.45) is 15.7. The van der Waals surface area contributed by atoms with Gasteiger partial charge in [-0.3, -0.25) is 9.05 Å². The molecule has 0 aliphatic carbocycles. The molecule has 6 atom stereocenters. The van der Waals surface area contributed by atoms with E-state index < -0.39 is 50.3 Å². The first-order valence-electron chi connectivity index (χ1n) is 20.0. The van der Waals surface area contributed by atoms with Crippen LogP contribution in [0.4, 0.5) is 10.2 Å². The zero-order valence-corrected chi connectivity index (χ0v) is 33.3. The number of halogens is 1. The number of nitrogens with zero attached hydrogens (tertiary/aromatic N) is 5. The van der Waals surface area contributed by atoms with Crippen molar-refractivity contribution in [1.82, 2.24) is 14.6 Å². The number of nitrogen functional groups attached to an aromatic ring is 1. The second kappa shape index (κ2) is 23.0. The molecule has 56 heavy (non-hydrogen) atoms. The second-order valence-electron chi connectivity index (χ2n) is 14.7. The molecule has 0 amide bonds. The first-order chi connectivity index (χ1) is 27.0. The SMILES string of the molecule is CCCCCCCCCCCCCCCCCC[C@H](COP(=O)(O)OC[C@@]1(C#N)O[C@@H](c2ccc3c(N)ncnn23)[C@H](O)[C@@H]1O)OCc1cc(F)cc(C#N)c1. The Morgan fingerprint density at radius 2 is 1.59 bits per heavy atom. The van der Waals surface area contributed by atoms with E-state index in [4.69, 9.17) is 24.3 Å². The number of anilines is 1. The molecule has 1 unspecified atom stereocenters. The third-order valence-electron chi connectivity index (χ3n) is 10.3. The number of nitrogens with two attached hydrogens (primary N) is 1. The normalized spacial score (nSPS) is 21.2. The van der Waals surface area contributed by atoms with Gasteiger partial charge in [-0.05, 0) is 42.3 Å². The molecule has 16 heteroatoms. The van der Waals surface area contributed by atoms with Crippen LogP contribution in [-0.2, 0) is 29.7 Å². The number of rotatable bonds is 27. The van der Waals surface area contributed by atoms with Crippen molar-refractivity contribution >= 4 is 19.2 Å². The fourth-order valence-corrected chi connectivity index (χ4v) is 7.80. The number of ether oxygens (including phenoxy) is 2. The highest BCUT2D eigenvalue weighted by molar-refractivity contribution is 7.47. The van der Waals surface area contributed by atoms with Crippen LogP contribution < -0.4 is 5.73 Å². The Bertz CT molecular complexity index is 1790. The standard InChI is InChI=1S/C40H58FN6O8P/c1-2-3-4-5-6-7-8-9-10-11-12-13-14-15-16-17-18-33(52-25-31-21-30(24-42)22-32(41)23-31)26-53-56(50,51)54-28-40(27-43)38(49)36(48)37(55-40)34-19-20-35-39(44)45-29-46-47(34)35/h19-23,29,33,36-38,48-49H,2-18,25-26,28H2,1H3,(H,50,51)(H2,44,45,46)/t33-,36+,37+,38+,40-/m1/s1. The third kappa shape index (κ3) is 13.6. The first kappa shape index (κ1) is 45.2. The summed E-state index contributed by atoms with van der Waals surface area (Å²) in [4.78, 5) is 14.6. The van der Waals surface area contributed by atoms with Gasteiger partial charge in [0.15, 0.2) is 5.82 Å². The van der Waals surface area contributed by atoms with Gasteiger partial charge < -0.3 is 30.3 Å². The van der Waals surface area contributed by atoms with Crippen LogP contribution >= 0.6 is 7.82 Å². The van der Waals surface area contributed by atoms with E-state index >= 15 is 0 Å². The summed E-state index contributed by atoms with van der Waals surface area (Å²) in [5, 5.41) is 45.2. The van der Waals surface area contributed by atoms with Crippen molar-refractivity contribution in [2.24, 2.45) is 0 Å². The maximum Gasteiger partial charge on any atom is 0.472 e. The number of phosphoric ester groups is 1. The van der Waals surface area contributed by atoms with Gasteiger partial charge in [-0.15, -0.1) is 0 Å². The Hall–Kier alpha value is -3.50. The molecule has 308 valence electrons. The number of unbranched alkanes of at least 4 members (excludes halogenated alkanes) is 15. The molecule has 1 fully saturated rings. The summed E-state index contributed by atoms with van der Waals surface area (Å²) in [6.45, 7) is 0.876. The summed E-state index contributed by atoms with van der Waals surface area (Å²) in [5.41, 5.74) is 4.89. The molecule has 1 saturated heterocycles. The molecular weight excluding hydrogens is 742 g/mol. The van der Waals surface area contributed by atoms with Crippen LogP contribution in [0.15, 0.2) is 36.7 Å². The zero-order chi connectivity index (χ0) is 40.4. The predicted molar refractivity (Wildman–Crippen MR) is 207 cm³/mol. The van der Waals surface area contributed by atoms with Gasteiger partial charge in [0, 0.05) is 0 Å². The quantitative estimate of drug-likeness (QED) is 0.0429. The summed E-state index contributed by atoms with van der Waals surface area (Å²) in [7, 11) is -4.87. The van der Waals surface area contributed by atoms with Gasteiger partial charge in [-0.25, -0.2) is 18.5 Å². The minimum absolute atomic E-state index is 0.0717. The van der Waals surface area contributed by atoms with E-state index in [1.54, 1.807) is 18.2 Å². The van der Waals surface area contributed by atoms with Crippen molar-refractivity contribution < 1.29 is 42.6 Å². The zero-order valence-electron chi connectivity index (χ0n) is 32.4. The lowest BCUT2D eigenvalue weighted by molar-refractivity contribution is -0.0763. The molecule has 1 aromatic carbocycles. The molecule has 5 N–H and O–H groups in total. The number of fused-ring (bicyclic) bond motifs is 1. The van der Waals surface area contributed by atoms with Crippen LogP contribution in [0.2, 0.25) is 0 Å². The van der Waals surface area contributed by atoms with Gasteiger partial charge in [-0.2, -0.15) is 15.6 Å². The number of aliphatic hydroxyl groups is 2. The Morgan fingerprint density at radius 1 is 0.964 bits per heavy atom. The van der Waals surface area contributed by atoms with Crippen molar-refractivity contribution in [3.05, 3.63) is 59.3 Å². The largest absolute Gasteiger partial charge is 0.472 e. The van der Waals surface area contributed by atoms with Crippen LogP contribution in [0.3, 0.4) is 0 Å². The highest BCUT2D eigenvalue weighted by Crippen LogP contribution is 2.48. The van der Waals surface area contributed by atoms with Crippen molar-refractivity contribution in [1.29, 1.82) is 10.5 Å². The van der Waals surface area contributed by atoms with Gasteiger partial charge in [0.1, 0.15) is 48.6 Å². The number of phosphoric acid groups is 1. The average molecular weight is 801 g/mol. The van der Waals surface area contributed by atoms with E-state index in [-0.39, 0.29) is 30.3 Å². The minimum Gasteiger partial charge on any atom is -0.387 e. The van der Waals surface area contributed by atoms with E-state index in [0.717, 1.165) is 31.7 Å². The van der Waals surface area contributed by atoms with E-state index in [1.165, 1.54) is 100 Å². The van der Waals surface area contributed by atoms with Gasteiger partial charge in [-0.1, -0.05) is 110 Å². The van der Waals surface area contributed by atoms with E-state index in [0.29, 0.717) is 17.5 Å². The third-order valence-corrected chi connectivity index (χ3v) is 11.2. The molecule has 0 spiro atoms. The molecule has 1 aliphatic heterocycles. The molecule has 0 saturated carbocycles. The van der Waals surface area contributed by atoms with Gasteiger partial charge in [0.25, 0.3) is 0 Å². The van der Waals surface area contributed by atoms with Gasteiger partial charge >= 0.3 is 7.82 Å². The fourth-order valence-electron chi connectivity index (χ4n) is 7.01. The molecule has 1 aliphatic rings. The Balaban J connectivity index is 1.24.